The first-order chi connectivity index (χ1) is 47.5. The van der Waals surface area contributed by atoms with Crippen molar-refractivity contribution in [2.24, 2.45) is 0 Å². The van der Waals surface area contributed by atoms with Gasteiger partial charge in [-0.2, -0.15) is 5.26 Å². The van der Waals surface area contributed by atoms with Crippen molar-refractivity contribution in [2.45, 2.75) is 15.2 Å². The molecule has 6 aromatic heterocycles. The summed E-state index contributed by atoms with van der Waals surface area (Å²) in [5, 5.41) is 19.2. The van der Waals surface area contributed by atoms with E-state index < -0.39 is 5.41 Å². The molecule has 0 amide bonds. The summed E-state index contributed by atoms with van der Waals surface area (Å²) in [4.78, 5) is 19.8. The number of nitrogens with zero attached hydrogens (tertiary/aromatic N) is 9. The molecule has 0 saturated carbocycles. The van der Waals surface area contributed by atoms with Gasteiger partial charge in [0.1, 0.15) is 11.5 Å². The largest absolute Gasteiger partial charge is 0.457 e. The summed E-state index contributed by atoms with van der Waals surface area (Å²) in [7, 11) is 0. The van der Waals surface area contributed by atoms with Gasteiger partial charge in [0.2, 0.25) is 0 Å². The first-order valence-electron chi connectivity index (χ1n) is 32.0. The number of rotatable bonds is 5. The molecule has 0 fully saturated rings. The average Bonchev–Trinajstić information content (AvgIpc) is 1.10. The van der Waals surface area contributed by atoms with Gasteiger partial charge in [0.05, 0.1) is 114 Å². The molecular weight excluding hydrogens is 1200 g/mol. The maximum absolute atomic E-state index is 10.5. The number of nitriles is 1. The third-order valence-corrected chi connectivity index (χ3v) is 21.4. The fourth-order valence-electron chi connectivity index (χ4n) is 16.4. The minimum absolute atomic E-state index is 0.580. The molecule has 0 saturated heterocycles. The predicted molar refractivity (Wildman–Crippen MR) is 387 cm³/mol. The SMILES string of the molecule is [C-]#[N+]c1ccc2c(c1)c1ccccc1n2-c1ccc2c(c1)Oc1cc(-n3c4ccc(C#N)cc4c4cc(N5c6ccccc6Sc6ccccc65)ccc43)ccc1C21c2cc(-n3c4ccccc4c4ccccc43)cnc2-c2ncc(-n3c4ccccc4c4ccccc43)cc21. The molecule has 96 heavy (non-hydrogen) atoms. The van der Waals surface area contributed by atoms with Crippen LogP contribution in [0.25, 0.3) is 126 Å². The van der Waals surface area contributed by atoms with Crippen LogP contribution in [0.4, 0.5) is 22.7 Å². The molecule has 1 aliphatic carbocycles. The number of fused-ring (bicyclic) bond motifs is 23. The Balaban J connectivity index is 0.852. The second-order valence-corrected chi connectivity index (χ2v) is 26.1. The molecule has 1 spiro atoms. The Hall–Kier alpha value is -12.9. The van der Waals surface area contributed by atoms with Crippen LogP contribution < -0.4 is 9.64 Å². The summed E-state index contributed by atoms with van der Waals surface area (Å²) >= 11 is 1.79. The smallest absolute Gasteiger partial charge is 0.188 e. The van der Waals surface area contributed by atoms with E-state index in [2.05, 4.69) is 283 Å². The summed E-state index contributed by atoms with van der Waals surface area (Å²) in [6.45, 7) is 8.02. The highest BCUT2D eigenvalue weighted by molar-refractivity contribution is 7.99. The van der Waals surface area contributed by atoms with Crippen molar-refractivity contribution in [2.75, 3.05) is 4.90 Å². The van der Waals surface area contributed by atoms with Crippen molar-refractivity contribution < 1.29 is 4.74 Å². The minimum atomic E-state index is -1.09. The Kier molecular flexibility index (Phi) is 10.7. The fourth-order valence-corrected chi connectivity index (χ4v) is 17.4. The predicted octanol–water partition coefficient (Wildman–Crippen LogP) is 21.7. The van der Waals surface area contributed by atoms with E-state index >= 15 is 0 Å². The van der Waals surface area contributed by atoms with Crippen molar-refractivity contribution in [3.8, 4) is 51.7 Å². The van der Waals surface area contributed by atoms with Gasteiger partial charge >= 0.3 is 0 Å². The summed E-state index contributed by atoms with van der Waals surface area (Å²) in [5.41, 5.74) is 20.6. The topological polar surface area (TPSA) is 86.1 Å². The van der Waals surface area contributed by atoms with E-state index in [1.807, 2.05) is 36.7 Å². The van der Waals surface area contributed by atoms with Crippen LogP contribution in [0.2, 0.25) is 0 Å². The molecule has 10 nitrogen and oxygen atoms in total. The summed E-state index contributed by atoms with van der Waals surface area (Å²) < 4.78 is 17.0. The number of aromatic nitrogens is 6. The fraction of sp³-hybridized carbons (Fsp3) is 0.0118. The van der Waals surface area contributed by atoms with E-state index in [9.17, 15) is 5.26 Å². The van der Waals surface area contributed by atoms with E-state index in [0.717, 1.165) is 161 Å². The van der Waals surface area contributed by atoms with Gasteiger partial charge in [0, 0.05) is 98.9 Å². The lowest BCUT2D eigenvalue weighted by molar-refractivity contribution is 0.436. The second kappa shape index (κ2) is 19.6. The van der Waals surface area contributed by atoms with Crippen molar-refractivity contribution in [3.63, 3.8) is 0 Å². The zero-order valence-electron chi connectivity index (χ0n) is 51.0. The van der Waals surface area contributed by atoms with Crippen molar-refractivity contribution in [3.05, 3.63) is 325 Å². The van der Waals surface area contributed by atoms with Crippen molar-refractivity contribution in [1.82, 2.24) is 28.2 Å². The van der Waals surface area contributed by atoms with E-state index in [1.165, 1.54) is 9.79 Å². The molecule has 0 unspecified atom stereocenters. The minimum Gasteiger partial charge on any atom is -0.457 e. The van der Waals surface area contributed by atoms with Crippen LogP contribution in [-0.2, 0) is 5.41 Å². The van der Waals surface area contributed by atoms with Crippen LogP contribution in [0.1, 0.15) is 27.8 Å². The number of benzene rings is 12. The number of hydrogen-bond donors (Lipinski definition) is 0. The zero-order valence-corrected chi connectivity index (χ0v) is 51.8. The van der Waals surface area contributed by atoms with Crippen LogP contribution in [0.15, 0.2) is 295 Å². The highest BCUT2D eigenvalue weighted by atomic mass is 32.2. The number of para-hydroxylation sites is 7. The van der Waals surface area contributed by atoms with Gasteiger partial charge < -0.3 is 27.9 Å². The van der Waals surface area contributed by atoms with Gasteiger partial charge in [-0.25, -0.2) is 4.85 Å². The average molecular weight is 1240 g/mol. The highest BCUT2D eigenvalue weighted by Gasteiger charge is 2.53. The highest BCUT2D eigenvalue weighted by Crippen LogP contribution is 2.63. The molecule has 0 atom stereocenters. The van der Waals surface area contributed by atoms with Gasteiger partial charge in [0.15, 0.2) is 5.69 Å². The third-order valence-electron chi connectivity index (χ3n) is 20.3. The van der Waals surface area contributed by atoms with E-state index in [-0.39, 0.29) is 0 Å². The van der Waals surface area contributed by atoms with Crippen molar-refractivity contribution >= 4 is 122 Å². The molecule has 2 aliphatic heterocycles. The zero-order chi connectivity index (χ0) is 63.1. The Bertz CT molecular complexity index is 6290. The molecule has 0 radical (unpaired) electrons. The van der Waals surface area contributed by atoms with Gasteiger partial charge in [-0.1, -0.05) is 145 Å². The van der Waals surface area contributed by atoms with Crippen LogP contribution >= 0.6 is 11.8 Å². The van der Waals surface area contributed by atoms with Crippen LogP contribution in [-0.4, -0.2) is 28.2 Å². The Morgan fingerprint density at radius 3 is 1.25 bits per heavy atom. The van der Waals surface area contributed by atoms with Crippen LogP contribution in [0.5, 0.6) is 11.5 Å². The molecule has 8 heterocycles. The maximum atomic E-state index is 10.5. The van der Waals surface area contributed by atoms with Crippen molar-refractivity contribution in [1.29, 1.82) is 5.26 Å². The van der Waals surface area contributed by atoms with Crippen LogP contribution in [0, 0.1) is 17.9 Å². The van der Waals surface area contributed by atoms with Gasteiger partial charge in [-0.05, 0) is 133 Å². The lowest BCUT2D eigenvalue weighted by Gasteiger charge is -2.39. The monoisotopic (exact) mass is 1240 g/mol. The van der Waals surface area contributed by atoms with Crippen LogP contribution in [0.3, 0.4) is 0 Å². The Morgan fingerprint density at radius 1 is 0.365 bits per heavy atom. The van der Waals surface area contributed by atoms with E-state index in [4.69, 9.17) is 21.3 Å². The number of ether oxygens (including phenoxy) is 1. The molecule has 18 aromatic rings. The van der Waals surface area contributed by atoms with E-state index in [1.54, 1.807) is 11.8 Å². The molecule has 21 rings (SSSR count). The standard InChI is InChI=1S/C85H47N9OS/c1-87-51-31-38-75-63(41-51)61-20-6-11-25-73(61)90(75)53-32-35-65-79(45-53)95-80-46-54(91-74-37-30-50(47-86)40-62(74)64-42-52(34-39-76(64)91)92-77-26-12-14-28-81(77)96-82-29-15-13-27-78(82)92)33-36-66(80)85(65)67-43-55(93-69-21-7-2-16-57(69)58-17-3-8-22-70(58)93)48-88-83(67)84-68(85)44-56(49-89-84)94-71-23-9-4-18-59(71)60-19-5-10-24-72(60)94/h2-46,48-49H. The first kappa shape index (κ1) is 52.7. The Morgan fingerprint density at radius 2 is 0.760 bits per heavy atom. The molecule has 3 aliphatic rings. The number of pyridine rings is 2. The van der Waals surface area contributed by atoms with Gasteiger partial charge in [-0.15, -0.1) is 0 Å². The third kappa shape index (κ3) is 7.07. The lowest BCUT2D eigenvalue weighted by atomic mass is 9.66. The second-order valence-electron chi connectivity index (χ2n) is 25.1. The van der Waals surface area contributed by atoms with Gasteiger partial charge in [0.25, 0.3) is 0 Å². The van der Waals surface area contributed by atoms with E-state index in [0.29, 0.717) is 22.7 Å². The molecule has 11 heteroatoms. The molecule has 12 aromatic carbocycles. The lowest BCUT2D eigenvalue weighted by Crippen LogP contribution is -2.32. The Labute approximate surface area is 553 Å². The first-order valence-corrected chi connectivity index (χ1v) is 32.8. The number of hydrogen-bond acceptors (Lipinski definition) is 6. The number of anilines is 3. The maximum Gasteiger partial charge on any atom is 0.188 e. The molecule has 0 bridgehead atoms. The normalized spacial score (nSPS) is 13.3. The van der Waals surface area contributed by atoms with Gasteiger partial charge in [-0.3, -0.25) is 9.97 Å². The molecule has 0 N–H and O–H groups in total. The summed E-state index contributed by atoms with van der Waals surface area (Å²) in [5.74, 6) is 1.35. The molecular formula is C85H47N9OS. The molecule has 444 valence electrons. The summed E-state index contributed by atoms with van der Waals surface area (Å²) in [6, 6.07) is 99.5. The summed E-state index contributed by atoms with van der Waals surface area (Å²) in [6.07, 6.45) is 4.04. The quantitative estimate of drug-likeness (QED) is 0.160.